The van der Waals surface area contributed by atoms with Gasteiger partial charge < -0.3 is 15.5 Å². The number of rotatable bonds is 6. The van der Waals surface area contributed by atoms with Crippen LogP contribution in [0.2, 0.25) is 0 Å². The van der Waals surface area contributed by atoms with Gasteiger partial charge in [0.2, 0.25) is 5.91 Å². The van der Waals surface area contributed by atoms with Crippen molar-refractivity contribution in [2.24, 2.45) is 0 Å². The average Bonchev–Trinajstić information content (AvgIpc) is 2.62. The smallest absolute Gasteiger partial charge is 0.313 e. The number of hydrogen-bond donors (Lipinski definition) is 2. The normalized spacial score (nSPS) is 10.1. The third kappa shape index (κ3) is 5.70. The van der Waals surface area contributed by atoms with Gasteiger partial charge in [0, 0.05) is 43.8 Å². The van der Waals surface area contributed by atoms with Gasteiger partial charge in [-0.2, -0.15) is 0 Å². The molecular weight excluding hydrogens is 332 g/mol. The van der Waals surface area contributed by atoms with Crippen LogP contribution in [0.15, 0.2) is 48.8 Å². The van der Waals surface area contributed by atoms with Crippen LogP contribution in [0.25, 0.3) is 0 Å². The van der Waals surface area contributed by atoms with Crippen molar-refractivity contribution >= 4 is 29.1 Å². The minimum atomic E-state index is -0.707. The van der Waals surface area contributed by atoms with Crippen LogP contribution in [0.1, 0.15) is 19.4 Å². The summed E-state index contributed by atoms with van der Waals surface area (Å²) in [4.78, 5) is 41.2. The number of carbonyl (C=O) groups is 3. The summed E-state index contributed by atoms with van der Waals surface area (Å²) in [6.07, 6.45) is 4.04. The topological polar surface area (TPSA) is 91.4 Å². The first kappa shape index (κ1) is 19.1. The molecule has 0 aliphatic rings. The molecule has 2 N–H and O–H groups in total. The highest BCUT2D eigenvalue weighted by atomic mass is 16.2. The van der Waals surface area contributed by atoms with E-state index in [1.807, 2.05) is 19.1 Å². The number of carbonyl (C=O) groups excluding carboxylic acids is 3. The molecule has 7 nitrogen and oxygen atoms in total. The highest BCUT2D eigenvalue weighted by Gasteiger charge is 2.20. The molecule has 1 heterocycles. The van der Waals surface area contributed by atoms with E-state index in [9.17, 15) is 14.4 Å². The first-order chi connectivity index (χ1) is 12.5. The lowest BCUT2D eigenvalue weighted by molar-refractivity contribution is -0.143. The highest BCUT2D eigenvalue weighted by molar-refractivity contribution is 6.39. The summed E-state index contributed by atoms with van der Waals surface area (Å²) in [5, 5.41) is 5.21. The lowest BCUT2D eigenvalue weighted by atomic mass is 10.2. The maximum absolute atomic E-state index is 12.4. The van der Waals surface area contributed by atoms with Crippen molar-refractivity contribution in [2.45, 2.75) is 20.3 Å². The van der Waals surface area contributed by atoms with Gasteiger partial charge in [-0.3, -0.25) is 19.4 Å². The van der Waals surface area contributed by atoms with Crippen LogP contribution in [0, 0.1) is 0 Å². The van der Waals surface area contributed by atoms with Gasteiger partial charge in [0.15, 0.2) is 0 Å². The van der Waals surface area contributed by atoms with Gasteiger partial charge in [-0.15, -0.1) is 0 Å². The lowest BCUT2D eigenvalue weighted by Gasteiger charge is -2.20. The largest absolute Gasteiger partial charge is 0.334 e. The molecule has 0 atom stereocenters. The van der Waals surface area contributed by atoms with E-state index in [2.05, 4.69) is 15.6 Å². The average molecular weight is 354 g/mol. The van der Waals surface area contributed by atoms with Crippen molar-refractivity contribution in [1.82, 2.24) is 9.88 Å². The third-order valence-corrected chi connectivity index (χ3v) is 3.72. The summed E-state index contributed by atoms with van der Waals surface area (Å²) in [5.41, 5.74) is 2.04. The molecule has 1 aromatic carbocycles. The summed E-state index contributed by atoms with van der Waals surface area (Å²) < 4.78 is 0. The van der Waals surface area contributed by atoms with Gasteiger partial charge in [0.05, 0.1) is 0 Å². The molecule has 0 bridgehead atoms. The second-order valence-corrected chi connectivity index (χ2v) is 5.71. The fourth-order valence-corrected chi connectivity index (χ4v) is 2.42. The molecule has 0 radical (unpaired) electrons. The van der Waals surface area contributed by atoms with E-state index in [0.29, 0.717) is 30.9 Å². The summed E-state index contributed by atoms with van der Waals surface area (Å²) in [6.45, 7) is 4.10. The maximum atomic E-state index is 12.4. The van der Waals surface area contributed by atoms with Crippen molar-refractivity contribution < 1.29 is 14.4 Å². The summed E-state index contributed by atoms with van der Waals surface area (Å²) in [5.74, 6) is -1.51. The first-order valence-corrected chi connectivity index (χ1v) is 8.36. The first-order valence-electron chi connectivity index (χ1n) is 8.36. The molecule has 2 aromatic rings. The molecule has 0 aliphatic carbocycles. The van der Waals surface area contributed by atoms with Gasteiger partial charge in [-0.05, 0) is 49.2 Å². The van der Waals surface area contributed by atoms with Crippen molar-refractivity contribution in [1.29, 1.82) is 0 Å². The Bertz CT molecular complexity index is 777. The van der Waals surface area contributed by atoms with Crippen LogP contribution in [-0.4, -0.2) is 40.7 Å². The van der Waals surface area contributed by atoms with E-state index in [-0.39, 0.29) is 5.91 Å². The third-order valence-electron chi connectivity index (χ3n) is 3.72. The van der Waals surface area contributed by atoms with Crippen molar-refractivity contribution in [3.63, 3.8) is 0 Å². The van der Waals surface area contributed by atoms with E-state index < -0.39 is 11.8 Å². The van der Waals surface area contributed by atoms with E-state index in [0.717, 1.165) is 5.56 Å². The Morgan fingerprint density at radius 2 is 1.69 bits per heavy atom. The SMILES string of the molecule is CCN(CCc1ccncc1)C(=O)C(=O)Nc1cccc(NC(C)=O)c1. The second kappa shape index (κ2) is 9.31. The molecule has 2 rings (SSSR count). The maximum Gasteiger partial charge on any atom is 0.313 e. The zero-order chi connectivity index (χ0) is 18.9. The zero-order valence-electron chi connectivity index (χ0n) is 14.9. The molecule has 0 spiro atoms. The molecule has 0 fully saturated rings. The summed E-state index contributed by atoms with van der Waals surface area (Å²) in [6, 6.07) is 10.4. The molecular formula is C19H22N4O3. The Morgan fingerprint density at radius 1 is 1.04 bits per heavy atom. The summed E-state index contributed by atoms with van der Waals surface area (Å²) >= 11 is 0. The fourth-order valence-electron chi connectivity index (χ4n) is 2.42. The number of anilines is 2. The molecule has 26 heavy (non-hydrogen) atoms. The molecule has 0 aliphatic heterocycles. The monoisotopic (exact) mass is 354 g/mol. The molecule has 0 saturated heterocycles. The Hall–Kier alpha value is -3.22. The fraction of sp³-hybridized carbons (Fsp3) is 0.263. The Kier molecular flexibility index (Phi) is 6.84. The lowest BCUT2D eigenvalue weighted by Crippen LogP contribution is -2.40. The van der Waals surface area contributed by atoms with E-state index >= 15 is 0 Å². The Morgan fingerprint density at radius 3 is 2.31 bits per heavy atom. The van der Waals surface area contributed by atoms with Crippen LogP contribution in [0.4, 0.5) is 11.4 Å². The van der Waals surface area contributed by atoms with Crippen LogP contribution in [0.5, 0.6) is 0 Å². The number of nitrogens with one attached hydrogen (secondary N) is 2. The number of likely N-dealkylation sites (N-methyl/N-ethyl adjacent to an activating group) is 1. The van der Waals surface area contributed by atoms with Crippen LogP contribution in [-0.2, 0) is 20.8 Å². The van der Waals surface area contributed by atoms with Gasteiger partial charge in [-0.25, -0.2) is 0 Å². The van der Waals surface area contributed by atoms with Gasteiger partial charge in [-0.1, -0.05) is 6.07 Å². The van der Waals surface area contributed by atoms with Crippen molar-refractivity contribution in [3.05, 3.63) is 54.4 Å². The predicted molar refractivity (Wildman–Crippen MR) is 99.6 cm³/mol. The molecule has 0 saturated carbocycles. The van der Waals surface area contributed by atoms with E-state index in [1.54, 1.807) is 36.7 Å². The number of benzene rings is 1. The van der Waals surface area contributed by atoms with Crippen LogP contribution < -0.4 is 10.6 Å². The molecule has 136 valence electrons. The van der Waals surface area contributed by atoms with Crippen LogP contribution in [0.3, 0.4) is 0 Å². The number of hydrogen-bond acceptors (Lipinski definition) is 4. The molecule has 1 aromatic heterocycles. The number of amides is 3. The quantitative estimate of drug-likeness (QED) is 0.777. The minimum absolute atomic E-state index is 0.210. The van der Waals surface area contributed by atoms with E-state index in [1.165, 1.54) is 11.8 Å². The number of aromatic nitrogens is 1. The highest BCUT2D eigenvalue weighted by Crippen LogP contribution is 2.15. The van der Waals surface area contributed by atoms with Gasteiger partial charge in [0.25, 0.3) is 0 Å². The predicted octanol–water partition coefficient (Wildman–Crippen LogP) is 2.07. The van der Waals surface area contributed by atoms with Gasteiger partial charge >= 0.3 is 11.8 Å². The van der Waals surface area contributed by atoms with Crippen LogP contribution >= 0.6 is 0 Å². The molecule has 0 unspecified atom stereocenters. The summed E-state index contributed by atoms with van der Waals surface area (Å²) in [7, 11) is 0. The molecule has 3 amide bonds. The molecule has 7 heteroatoms. The van der Waals surface area contributed by atoms with Crippen molar-refractivity contribution in [2.75, 3.05) is 23.7 Å². The Labute approximate surface area is 152 Å². The zero-order valence-corrected chi connectivity index (χ0v) is 14.9. The standard InChI is InChI=1S/C19H22N4O3/c1-3-23(12-9-15-7-10-20-11-8-15)19(26)18(25)22-17-6-4-5-16(13-17)21-14(2)24/h4-8,10-11,13H,3,9,12H2,1-2H3,(H,21,24)(H,22,25). The van der Waals surface area contributed by atoms with Gasteiger partial charge in [0.1, 0.15) is 0 Å². The Balaban J connectivity index is 1.96. The number of pyridine rings is 1. The van der Waals surface area contributed by atoms with E-state index in [4.69, 9.17) is 0 Å². The van der Waals surface area contributed by atoms with Crippen molar-refractivity contribution in [3.8, 4) is 0 Å². The second-order valence-electron chi connectivity index (χ2n) is 5.71. The number of nitrogens with zero attached hydrogens (tertiary/aromatic N) is 2. The minimum Gasteiger partial charge on any atom is -0.334 e.